The van der Waals surface area contributed by atoms with Crippen LogP contribution in [0.4, 0.5) is 5.00 Å². The molecule has 2 rings (SSSR count). The van der Waals surface area contributed by atoms with E-state index in [0.717, 1.165) is 4.88 Å². The minimum Gasteiger partial charge on any atom is -0.478 e. The van der Waals surface area contributed by atoms with Crippen LogP contribution in [0.5, 0.6) is 0 Å². The van der Waals surface area contributed by atoms with Crippen LogP contribution >= 0.6 is 11.3 Å². The molecule has 0 atom stereocenters. The number of rotatable bonds is 3. The molecule has 2 N–H and O–H groups in total. The lowest BCUT2D eigenvalue weighted by Gasteiger charge is -2.02. The molecular weight excluding hydrogens is 254 g/mol. The van der Waals surface area contributed by atoms with E-state index in [1.807, 2.05) is 0 Å². The van der Waals surface area contributed by atoms with Crippen LogP contribution in [0.3, 0.4) is 0 Å². The summed E-state index contributed by atoms with van der Waals surface area (Å²) < 4.78 is 5.03. The lowest BCUT2D eigenvalue weighted by atomic mass is 10.2. The normalized spacial score (nSPS) is 10.3. The summed E-state index contributed by atoms with van der Waals surface area (Å²) in [4.78, 5) is 23.8. The van der Waals surface area contributed by atoms with Gasteiger partial charge in [0.25, 0.3) is 5.91 Å². The number of anilines is 1. The van der Waals surface area contributed by atoms with Crippen LogP contribution in [0.15, 0.2) is 22.8 Å². The van der Waals surface area contributed by atoms with Crippen molar-refractivity contribution in [3.63, 3.8) is 0 Å². The van der Waals surface area contributed by atoms with E-state index in [9.17, 15) is 9.59 Å². The molecule has 94 valence electrons. The standard InChI is InChI=1S/C12H11NO4S/c1-6-5-9(12(15)16)11(18-6)13-10(14)8-3-4-17-7(8)2/h3-5H,1-2H3,(H,13,14)(H,15,16). The van der Waals surface area contributed by atoms with Crippen LogP contribution in [0.2, 0.25) is 0 Å². The molecule has 6 heteroatoms. The Morgan fingerprint density at radius 3 is 2.61 bits per heavy atom. The van der Waals surface area contributed by atoms with Gasteiger partial charge in [-0.3, -0.25) is 4.79 Å². The van der Waals surface area contributed by atoms with Crippen molar-refractivity contribution < 1.29 is 19.1 Å². The molecule has 5 nitrogen and oxygen atoms in total. The van der Waals surface area contributed by atoms with Gasteiger partial charge >= 0.3 is 5.97 Å². The molecule has 0 radical (unpaired) electrons. The summed E-state index contributed by atoms with van der Waals surface area (Å²) in [5.74, 6) is -0.929. The quantitative estimate of drug-likeness (QED) is 0.894. The van der Waals surface area contributed by atoms with E-state index < -0.39 is 5.97 Å². The average Bonchev–Trinajstić information content (AvgIpc) is 2.84. The van der Waals surface area contributed by atoms with Crippen LogP contribution in [0.1, 0.15) is 31.4 Å². The lowest BCUT2D eigenvalue weighted by Crippen LogP contribution is -2.13. The number of amides is 1. The summed E-state index contributed by atoms with van der Waals surface area (Å²) in [6, 6.07) is 3.08. The number of carboxylic acid groups (broad SMARTS) is 1. The van der Waals surface area contributed by atoms with Gasteiger partial charge in [0.05, 0.1) is 17.4 Å². The van der Waals surface area contributed by atoms with E-state index in [0.29, 0.717) is 16.3 Å². The molecule has 0 unspecified atom stereocenters. The number of aryl methyl sites for hydroxylation is 2. The predicted molar refractivity (Wildman–Crippen MR) is 67.4 cm³/mol. The summed E-state index contributed by atoms with van der Waals surface area (Å²) in [6.45, 7) is 3.46. The van der Waals surface area contributed by atoms with E-state index in [4.69, 9.17) is 9.52 Å². The van der Waals surface area contributed by atoms with E-state index in [1.54, 1.807) is 19.9 Å². The van der Waals surface area contributed by atoms with Crippen LogP contribution in [-0.4, -0.2) is 17.0 Å². The second-order valence-electron chi connectivity index (χ2n) is 3.75. The Labute approximate surface area is 107 Å². The fourth-order valence-electron chi connectivity index (χ4n) is 1.56. The summed E-state index contributed by atoms with van der Waals surface area (Å²) >= 11 is 1.23. The zero-order valence-electron chi connectivity index (χ0n) is 9.81. The molecule has 2 heterocycles. The smallest absolute Gasteiger partial charge is 0.338 e. The SMILES string of the molecule is Cc1cc(C(=O)O)c(NC(=O)c2ccoc2C)s1. The molecular formula is C12H11NO4S. The number of carboxylic acids is 1. The fraction of sp³-hybridized carbons (Fsp3) is 0.167. The molecule has 0 aliphatic rings. The molecule has 18 heavy (non-hydrogen) atoms. The number of nitrogens with one attached hydrogen (secondary N) is 1. The molecule has 0 fully saturated rings. The van der Waals surface area contributed by atoms with Crippen molar-refractivity contribution in [3.8, 4) is 0 Å². The molecule has 2 aromatic heterocycles. The third-order valence-electron chi connectivity index (χ3n) is 2.42. The maximum absolute atomic E-state index is 11.9. The highest BCUT2D eigenvalue weighted by Crippen LogP contribution is 2.28. The average molecular weight is 265 g/mol. The van der Waals surface area contributed by atoms with E-state index >= 15 is 0 Å². The van der Waals surface area contributed by atoms with Crippen molar-refractivity contribution in [2.24, 2.45) is 0 Å². The molecule has 0 saturated carbocycles. The van der Waals surface area contributed by atoms with Crippen molar-refractivity contribution in [2.45, 2.75) is 13.8 Å². The van der Waals surface area contributed by atoms with Crippen molar-refractivity contribution in [1.29, 1.82) is 0 Å². The first-order valence-corrected chi connectivity index (χ1v) is 6.00. The largest absolute Gasteiger partial charge is 0.478 e. The van der Waals surface area contributed by atoms with Crippen molar-refractivity contribution in [2.75, 3.05) is 5.32 Å². The molecule has 0 saturated heterocycles. The van der Waals surface area contributed by atoms with Crippen LogP contribution in [0.25, 0.3) is 0 Å². The van der Waals surface area contributed by atoms with Gasteiger partial charge in [0.1, 0.15) is 10.8 Å². The molecule has 2 aromatic rings. The number of aromatic carboxylic acids is 1. The summed E-state index contributed by atoms with van der Waals surface area (Å²) in [6.07, 6.45) is 1.42. The second kappa shape index (κ2) is 4.66. The van der Waals surface area contributed by atoms with Gasteiger partial charge in [-0.2, -0.15) is 0 Å². The number of thiophene rings is 1. The predicted octanol–water partition coefficient (Wildman–Crippen LogP) is 2.91. The highest BCUT2D eigenvalue weighted by Gasteiger charge is 2.18. The number of furan rings is 1. The van der Waals surface area contributed by atoms with Crippen LogP contribution < -0.4 is 5.32 Å². The molecule has 0 bridgehead atoms. The Bertz CT molecular complexity index is 611. The second-order valence-corrected chi connectivity index (χ2v) is 5.01. The number of hydrogen-bond acceptors (Lipinski definition) is 4. The van der Waals surface area contributed by atoms with Crippen LogP contribution in [-0.2, 0) is 0 Å². The van der Waals surface area contributed by atoms with Gasteiger partial charge in [0.2, 0.25) is 0 Å². The Morgan fingerprint density at radius 1 is 1.33 bits per heavy atom. The highest BCUT2D eigenvalue weighted by atomic mass is 32.1. The first kappa shape index (κ1) is 12.4. The zero-order chi connectivity index (χ0) is 13.3. The Hall–Kier alpha value is -2.08. The van der Waals surface area contributed by atoms with Crippen molar-refractivity contribution >= 4 is 28.2 Å². The van der Waals surface area contributed by atoms with Gasteiger partial charge < -0.3 is 14.8 Å². The Balaban J connectivity index is 2.27. The summed E-state index contributed by atoms with van der Waals surface area (Å²) in [5, 5.41) is 11.9. The van der Waals surface area contributed by atoms with Gasteiger partial charge in [0, 0.05) is 4.88 Å². The zero-order valence-corrected chi connectivity index (χ0v) is 10.6. The molecule has 0 aliphatic heterocycles. The topological polar surface area (TPSA) is 79.5 Å². The fourth-order valence-corrected chi connectivity index (χ4v) is 2.46. The minimum atomic E-state index is -1.06. The first-order chi connectivity index (χ1) is 8.49. The third kappa shape index (κ3) is 2.28. The van der Waals surface area contributed by atoms with Gasteiger partial charge in [0.15, 0.2) is 0 Å². The maximum Gasteiger partial charge on any atom is 0.338 e. The Kier molecular flexibility index (Phi) is 3.20. The van der Waals surface area contributed by atoms with Gasteiger partial charge in [-0.1, -0.05) is 0 Å². The molecule has 0 aliphatic carbocycles. The van der Waals surface area contributed by atoms with Gasteiger partial charge in [-0.15, -0.1) is 11.3 Å². The number of carbonyl (C=O) groups excluding carboxylic acids is 1. The van der Waals surface area contributed by atoms with Gasteiger partial charge in [-0.05, 0) is 26.0 Å². The Morgan fingerprint density at radius 2 is 2.06 bits per heavy atom. The lowest BCUT2D eigenvalue weighted by molar-refractivity contribution is 0.0698. The van der Waals surface area contributed by atoms with E-state index in [2.05, 4.69) is 5.32 Å². The third-order valence-corrected chi connectivity index (χ3v) is 3.38. The van der Waals surface area contributed by atoms with E-state index in [-0.39, 0.29) is 11.5 Å². The molecule has 0 aromatic carbocycles. The van der Waals surface area contributed by atoms with Crippen molar-refractivity contribution in [3.05, 3.63) is 40.2 Å². The van der Waals surface area contributed by atoms with Crippen LogP contribution in [0, 0.1) is 13.8 Å². The number of hydrogen-bond donors (Lipinski definition) is 2. The highest BCUT2D eigenvalue weighted by molar-refractivity contribution is 7.16. The monoisotopic (exact) mass is 265 g/mol. The summed E-state index contributed by atoms with van der Waals surface area (Å²) in [7, 11) is 0. The minimum absolute atomic E-state index is 0.104. The number of carbonyl (C=O) groups is 2. The molecule has 0 spiro atoms. The maximum atomic E-state index is 11.9. The first-order valence-electron chi connectivity index (χ1n) is 5.18. The van der Waals surface area contributed by atoms with E-state index in [1.165, 1.54) is 23.7 Å². The van der Waals surface area contributed by atoms with Gasteiger partial charge in [-0.25, -0.2) is 4.79 Å². The summed E-state index contributed by atoms with van der Waals surface area (Å²) in [5.41, 5.74) is 0.504. The van der Waals surface area contributed by atoms with Crippen molar-refractivity contribution in [1.82, 2.24) is 0 Å². The molecule has 1 amide bonds.